The van der Waals surface area contributed by atoms with Gasteiger partial charge in [0.05, 0.1) is 22.9 Å². The van der Waals surface area contributed by atoms with Gasteiger partial charge in [-0.25, -0.2) is 13.1 Å². The fourth-order valence-electron chi connectivity index (χ4n) is 3.36. The van der Waals surface area contributed by atoms with Gasteiger partial charge in [0.15, 0.2) is 9.84 Å². The summed E-state index contributed by atoms with van der Waals surface area (Å²) < 4.78 is 24.9. The van der Waals surface area contributed by atoms with Gasteiger partial charge in [-0.2, -0.15) is 5.10 Å². The Balaban J connectivity index is 1.69. The molecule has 0 aliphatic carbocycles. The second kappa shape index (κ2) is 8.78. The van der Waals surface area contributed by atoms with E-state index in [2.05, 4.69) is 10.4 Å². The van der Waals surface area contributed by atoms with Crippen molar-refractivity contribution < 1.29 is 22.8 Å². The van der Waals surface area contributed by atoms with Crippen molar-refractivity contribution in [2.45, 2.75) is 26.3 Å². The van der Waals surface area contributed by atoms with Crippen LogP contribution in [0.25, 0.3) is 5.69 Å². The Morgan fingerprint density at radius 1 is 1.17 bits per heavy atom. The van der Waals surface area contributed by atoms with Crippen molar-refractivity contribution in [3.63, 3.8) is 0 Å². The lowest BCUT2D eigenvalue weighted by Crippen LogP contribution is -2.53. The molecule has 9 nitrogen and oxygen atoms in total. The van der Waals surface area contributed by atoms with Crippen LogP contribution in [0, 0.1) is 13.8 Å². The van der Waals surface area contributed by atoms with E-state index in [4.69, 9.17) is 0 Å². The Hall–Kier alpha value is -3.01. The molecule has 10 heteroatoms. The molecule has 0 bridgehead atoms. The van der Waals surface area contributed by atoms with Crippen LogP contribution >= 0.6 is 0 Å². The molecule has 3 rings (SSSR count). The van der Waals surface area contributed by atoms with Crippen LogP contribution < -0.4 is 5.32 Å². The summed E-state index contributed by atoms with van der Waals surface area (Å²) in [4.78, 5) is 37.7. The molecule has 1 aliphatic heterocycles. The molecule has 2 heterocycles. The van der Waals surface area contributed by atoms with Crippen LogP contribution in [-0.4, -0.2) is 71.8 Å². The molecule has 1 aromatic heterocycles. The van der Waals surface area contributed by atoms with Crippen molar-refractivity contribution in [1.29, 1.82) is 0 Å². The van der Waals surface area contributed by atoms with Crippen molar-refractivity contribution >= 4 is 27.9 Å². The zero-order valence-corrected chi connectivity index (χ0v) is 17.7. The first-order valence-electron chi connectivity index (χ1n) is 9.57. The van der Waals surface area contributed by atoms with E-state index in [1.807, 2.05) is 19.9 Å². The smallest absolute Gasteiger partial charge is 0.251 e. The lowest BCUT2D eigenvalue weighted by molar-refractivity contribution is -0.134. The molecule has 160 valence electrons. The SMILES string of the molecule is Cc1cc(C)n(-c2ccc(C(=O)N[C@@H](CC=O)C(=O)N3CCS(=O)(=O)CC3)cc2)n1. The minimum absolute atomic E-state index is 0.0593. The van der Waals surface area contributed by atoms with E-state index in [-0.39, 0.29) is 31.0 Å². The van der Waals surface area contributed by atoms with E-state index in [9.17, 15) is 22.8 Å². The number of rotatable bonds is 6. The van der Waals surface area contributed by atoms with Gasteiger partial charge in [0.1, 0.15) is 12.3 Å². The molecule has 1 aliphatic rings. The number of benzene rings is 1. The van der Waals surface area contributed by atoms with Gasteiger partial charge in [0.2, 0.25) is 5.91 Å². The third kappa shape index (κ3) is 4.93. The number of aromatic nitrogens is 2. The molecular formula is C20H24N4O5S. The molecule has 30 heavy (non-hydrogen) atoms. The number of hydrogen-bond acceptors (Lipinski definition) is 6. The first kappa shape index (κ1) is 21.7. The summed E-state index contributed by atoms with van der Waals surface area (Å²) in [6.07, 6.45) is 0.382. The minimum atomic E-state index is -3.14. The predicted molar refractivity (Wildman–Crippen MR) is 110 cm³/mol. The summed E-state index contributed by atoms with van der Waals surface area (Å²) in [6, 6.07) is 7.66. The molecule has 0 spiro atoms. The Labute approximate surface area is 175 Å². The van der Waals surface area contributed by atoms with Crippen LogP contribution in [0.4, 0.5) is 0 Å². The highest BCUT2D eigenvalue weighted by Crippen LogP contribution is 2.14. The average molecular weight is 433 g/mol. The first-order chi connectivity index (χ1) is 14.2. The van der Waals surface area contributed by atoms with Gasteiger partial charge in [-0.3, -0.25) is 9.59 Å². The Bertz CT molecular complexity index is 1050. The highest BCUT2D eigenvalue weighted by molar-refractivity contribution is 7.91. The molecule has 1 saturated heterocycles. The highest BCUT2D eigenvalue weighted by Gasteiger charge is 2.30. The van der Waals surface area contributed by atoms with Crippen molar-refractivity contribution in [2.75, 3.05) is 24.6 Å². The third-order valence-corrected chi connectivity index (χ3v) is 6.58. The molecule has 2 aromatic rings. The zero-order chi connectivity index (χ0) is 21.9. The van der Waals surface area contributed by atoms with E-state index in [0.717, 1.165) is 17.1 Å². The van der Waals surface area contributed by atoms with E-state index in [1.165, 1.54) is 4.90 Å². The van der Waals surface area contributed by atoms with Crippen LogP contribution in [0.5, 0.6) is 0 Å². The number of amides is 2. The van der Waals surface area contributed by atoms with Gasteiger partial charge >= 0.3 is 0 Å². The molecule has 1 aromatic carbocycles. The summed E-state index contributed by atoms with van der Waals surface area (Å²) in [7, 11) is -3.14. The molecule has 0 unspecified atom stereocenters. The van der Waals surface area contributed by atoms with Crippen molar-refractivity contribution in [1.82, 2.24) is 20.0 Å². The van der Waals surface area contributed by atoms with E-state index in [0.29, 0.717) is 11.8 Å². The summed E-state index contributed by atoms with van der Waals surface area (Å²) in [6.45, 7) is 3.95. The van der Waals surface area contributed by atoms with Gasteiger partial charge in [0, 0.05) is 30.8 Å². The number of aryl methyl sites for hydroxylation is 2. The second-order valence-corrected chi connectivity index (χ2v) is 9.59. The number of nitrogens with zero attached hydrogens (tertiary/aromatic N) is 3. The maximum Gasteiger partial charge on any atom is 0.251 e. The van der Waals surface area contributed by atoms with E-state index >= 15 is 0 Å². The van der Waals surface area contributed by atoms with Crippen molar-refractivity contribution in [2.24, 2.45) is 0 Å². The first-order valence-corrected chi connectivity index (χ1v) is 11.4. The maximum atomic E-state index is 12.7. The minimum Gasteiger partial charge on any atom is -0.340 e. The van der Waals surface area contributed by atoms with Gasteiger partial charge in [-0.1, -0.05) is 0 Å². The quantitative estimate of drug-likeness (QED) is 0.662. The fraction of sp³-hybridized carbons (Fsp3) is 0.400. The third-order valence-electron chi connectivity index (χ3n) is 4.98. The molecule has 0 saturated carbocycles. The van der Waals surface area contributed by atoms with Crippen LogP contribution in [0.15, 0.2) is 30.3 Å². The zero-order valence-electron chi connectivity index (χ0n) is 16.9. The number of hydrogen-bond donors (Lipinski definition) is 1. The molecular weight excluding hydrogens is 408 g/mol. The summed E-state index contributed by atoms with van der Waals surface area (Å²) >= 11 is 0. The number of carbonyl (C=O) groups excluding carboxylic acids is 3. The fourth-order valence-corrected chi connectivity index (χ4v) is 4.56. The second-order valence-electron chi connectivity index (χ2n) is 7.29. The van der Waals surface area contributed by atoms with Crippen LogP contribution in [0.3, 0.4) is 0 Å². The number of carbonyl (C=O) groups is 3. The van der Waals surface area contributed by atoms with Crippen molar-refractivity contribution in [3.05, 3.63) is 47.3 Å². The van der Waals surface area contributed by atoms with Gasteiger partial charge < -0.3 is 15.0 Å². The summed E-state index contributed by atoms with van der Waals surface area (Å²) in [5.74, 6) is -1.17. The van der Waals surface area contributed by atoms with Gasteiger partial charge in [0.25, 0.3) is 5.91 Å². The predicted octanol–water partition coefficient (Wildman–Crippen LogP) is 0.434. The Kier molecular flexibility index (Phi) is 6.35. The Morgan fingerprint density at radius 2 is 1.80 bits per heavy atom. The van der Waals surface area contributed by atoms with Crippen LogP contribution in [0.2, 0.25) is 0 Å². The molecule has 1 N–H and O–H groups in total. The topological polar surface area (TPSA) is 118 Å². The number of sulfone groups is 1. The van der Waals surface area contributed by atoms with E-state index in [1.54, 1.807) is 28.9 Å². The van der Waals surface area contributed by atoms with Crippen molar-refractivity contribution in [3.8, 4) is 5.69 Å². The monoisotopic (exact) mass is 432 g/mol. The standard InChI is InChI=1S/C20H24N4O5S/c1-14-13-15(2)24(22-14)17-5-3-16(4-6-17)19(26)21-18(7-10-25)20(27)23-8-11-30(28,29)12-9-23/h3-6,10,13,18H,7-9,11-12H2,1-2H3,(H,21,26)/t18-/m0/s1. The average Bonchev–Trinajstić information content (AvgIpc) is 3.05. The molecule has 1 atom stereocenters. The number of aldehydes is 1. The largest absolute Gasteiger partial charge is 0.340 e. The molecule has 2 amide bonds. The Morgan fingerprint density at radius 3 is 2.33 bits per heavy atom. The van der Waals surface area contributed by atoms with Gasteiger partial charge in [-0.05, 0) is 44.2 Å². The molecule has 0 radical (unpaired) electrons. The van der Waals surface area contributed by atoms with E-state index < -0.39 is 27.7 Å². The lowest BCUT2D eigenvalue weighted by Gasteiger charge is -2.30. The maximum absolute atomic E-state index is 12.7. The highest BCUT2D eigenvalue weighted by atomic mass is 32.2. The normalized spacial score (nSPS) is 16.7. The summed E-state index contributed by atoms with van der Waals surface area (Å²) in [5, 5.41) is 6.99. The van der Waals surface area contributed by atoms with Gasteiger partial charge in [-0.15, -0.1) is 0 Å². The summed E-state index contributed by atoms with van der Waals surface area (Å²) in [5.41, 5.74) is 2.98. The number of nitrogens with one attached hydrogen (secondary N) is 1. The molecule has 1 fully saturated rings. The van der Waals surface area contributed by atoms with Crippen LogP contribution in [0.1, 0.15) is 28.2 Å². The lowest BCUT2D eigenvalue weighted by atomic mass is 10.1. The van der Waals surface area contributed by atoms with Crippen LogP contribution in [-0.2, 0) is 19.4 Å².